The topological polar surface area (TPSA) is 115 Å². The SMILES string of the molecule is CC(NS(=O)(=O)N1CCC(C(=O)O)CC1)c1ncc[nH]1. The summed E-state index contributed by atoms with van der Waals surface area (Å²) in [5, 5.41) is 8.90. The van der Waals surface area contributed by atoms with E-state index >= 15 is 0 Å². The molecule has 1 fully saturated rings. The summed E-state index contributed by atoms with van der Waals surface area (Å²) >= 11 is 0. The molecule has 1 aliphatic heterocycles. The van der Waals surface area contributed by atoms with Crippen molar-refractivity contribution < 1.29 is 18.3 Å². The number of hydrogen-bond acceptors (Lipinski definition) is 4. The van der Waals surface area contributed by atoms with Gasteiger partial charge in [0.05, 0.1) is 12.0 Å². The summed E-state index contributed by atoms with van der Waals surface area (Å²) in [6.07, 6.45) is 3.85. The van der Waals surface area contributed by atoms with Crippen molar-refractivity contribution in [2.75, 3.05) is 13.1 Å². The van der Waals surface area contributed by atoms with Crippen molar-refractivity contribution in [3.8, 4) is 0 Å². The molecule has 0 bridgehead atoms. The van der Waals surface area contributed by atoms with Gasteiger partial charge >= 0.3 is 5.97 Å². The lowest BCUT2D eigenvalue weighted by Crippen LogP contribution is -2.46. The molecule has 0 radical (unpaired) electrons. The summed E-state index contributed by atoms with van der Waals surface area (Å²) in [7, 11) is -3.63. The van der Waals surface area contributed by atoms with Gasteiger partial charge in [-0.1, -0.05) is 0 Å². The molecule has 112 valence electrons. The van der Waals surface area contributed by atoms with Crippen LogP contribution in [0.25, 0.3) is 0 Å². The van der Waals surface area contributed by atoms with Crippen molar-refractivity contribution in [2.45, 2.75) is 25.8 Å². The van der Waals surface area contributed by atoms with Crippen LogP contribution in [0.3, 0.4) is 0 Å². The minimum Gasteiger partial charge on any atom is -0.481 e. The summed E-state index contributed by atoms with van der Waals surface area (Å²) in [6.45, 7) is 2.13. The Morgan fingerprint density at radius 3 is 2.70 bits per heavy atom. The van der Waals surface area contributed by atoms with E-state index in [2.05, 4.69) is 14.7 Å². The molecular formula is C11H18N4O4S. The number of piperidine rings is 1. The van der Waals surface area contributed by atoms with Gasteiger partial charge in [-0.05, 0) is 19.8 Å². The van der Waals surface area contributed by atoms with Crippen LogP contribution in [0, 0.1) is 5.92 Å². The third kappa shape index (κ3) is 3.35. The first-order chi connectivity index (χ1) is 9.40. The summed E-state index contributed by atoms with van der Waals surface area (Å²) in [4.78, 5) is 17.7. The number of aromatic amines is 1. The number of aromatic nitrogens is 2. The molecule has 0 aliphatic carbocycles. The number of carboxylic acid groups (broad SMARTS) is 1. The van der Waals surface area contributed by atoms with Crippen LogP contribution in [-0.4, -0.2) is 46.9 Å². The van der Waals surface area contributed by atoms with Gasteiger partial charge in [0.15, 0.2) is 0 Å². The molecule has 20 heavy (non-hydrogen) atoms. The lowest BCUT2D eigenvalue weighted by atomic mass is 9.99. The van der Waals surface area contributed by atoms with E-state index in [1.807, 2.05) is 0 Å². The normalized spacial score (nSPS) is 19.9. The van der Waals surface area contributed by atoms with Crippen LogP contribution in [0.15, 0.2) is 12.4 Å². The average Bonchev–Trinajstić information content (AvgIpc) is 2.92. The standard InChI is InChI=1S/C11H18N4O4S/c1-8(10-12-4-5-13-10)14-20(18,19)15-6-2-9(3-7-15)11(16)17/h4-5,8-9,14H,2-3,6-7H2,1H3,(H,12,13)(H,16,17). The molecule has 0 saturated carbocycles. The highest BCUT2D eigenvalue weighted by Crippen LogP contribution is 2.20. The second kappa shape index (κ2) is 5.90. The minimum atomic E-state index is -3.63. The molecule has 3 N–H and O–H groups in total. The average molecular weight is 302 g/mol. The maximum atomic E-state index is 12.2. The predicted octanol–water partition coefficient (Wildman–Crippen LogP) is 0.102. The van der Waals surface area contributed by atoms with Crippen molar-refractivity contribution in [1.82, 2.24) is 19.0 Å². The van der Waals surface area contributed by atoms with Gasteiger partial charge in [0, 0.05) is 25.5 Å². The Labute approximate surface area is 117 Å². The monoisotopic (exact) mass is 302 g/mol. The molecule has 1 unspecified atom stereocenters. The van der Waals surface area contributed by atoms with E-state index in [9.17, 15) is 13.2 Å². The van der Waals surface area contributed by atoms with E-state index < -0.39 is 28.1 Å². The lowest BCUT2D eigenvalue weighted by molar-refractivity contribution is -0.142. The molecule has 0 spiro atoms. The van der Waals surface area contributed by atoms with Crippen molar-refractivity contribution in [1.29, 1.82) is 0 Å². The van der Waals surface area contributed by atoms with Crippen LogP contribution >= 0.6 is 0 Å². The molecule has 9 heteroatoms. The predicted molar refractivity (Wildman–Crippen MR) is 71.0 cm³/mol. The Kier molecular flexibility index (Phi) is 4.41. The number of nitrogens with one attached hydrogen (secondary N) is 2. The lowest BCUT2D eigenvalue weighted by Gasteiger charge is -2.30. The number of carbonyl (C=O) groups is 1. The van der Waals surface area contributed by atoms with Gasteiger partial charge < -0.3 is 10.1 Å². The van der Waals surface area contributed by atoms with E-state index in [1.54, 1.807) is 19.3 Å². The van der Waals surface area contributed by atoms with E-state index in [0.717, 1.165) is 0 Å². The fourth-order valence-electron chi connectivity index (χ4n) is 2.21. The highest BCUT2D eigenvalue weighted by molar-refractivity contribution is 7.87. The van der Waals surface area contributed by atoms with E-state index in [0.29, 0.717) is 18.7 Å². The van der Waals surface area contributed by atoms with E-state index in [4.69, 9.17) is 5.11 Å². The Balaban J connectivity index is 1.96. The third-order valence-corrected chi connectivity index (χ3v) is 5.09. The van der Waals surface area contributed by atoms with E-state index in [1.165, 1.54) is 4.31 Å². The van der Waals surface area contributed by atoms with Crippen LogP contribution in [0.2, 0.25) is 0 Å². The van der Waals surface area contributed by atoms with Crippen LogP contribution in [-0.2, 0) is 15.0 Å². The van der Waals surface area contributed by atoms with Gasteiger partial charge in [0.1, 0.15) is 5.82 Å². The van der Waals surface area contributed by atoms with Crippen LogP contribution in [0.5, 0.6) is 0 Å². The van der Waals surface area contributed by atoms with Crippen molar-refractivity contribution in [3.63, 3.8) is 0 Å². The molecule has 1 aliphatic rings. The first kappa shape index (κ1) is 14.9. The highest BCUT2D eigenvalue weighted by atomic mass is 32.2. The fraction of sp³-hybridized carbons (Fsp3) is 0.636. The smallest absolute Gasteiger partial charge is 0.306 e. The fourth-order valence-corrected chi connectivity index (χ4v) is 3.61. The summed E-state index contributed by atoms with van der Waals surface area (Å²) in [5.41, 5.74) is 0. The number of H-pyrrole nitrogens is 1. The second-order valence-corrected chi connectivity index (χ2v) is 6.53. The molecule has 0 amide bonds. The maximum absolute atomic E-state index is 12.2. The molecular weight excluding hydrogens is 284 g/mol. The molecule has 0 aromatic carbocycles. The summed E-state index contributed by atoms with van der Waals surface area (Å²) in [5.74, 6) is -0.781. The van der Waals surface area contributed by atoms with Crippen molar-refractivity contribution >= 4 is 16.2 Å². The number of aliphatic carboxylic acids is 1. The zero-order valence-electron chi connectivity index (χ0n) is 11.1. The molecule has 1 saturated heterocycles. The molecule has 1 aromatic rings. The van der Waals surface area contributed by atoms with Gasteiger partial charge in [0.2, 0.25) is 0 Å². The first-order valence-electron chi connectivity index (χ1n) is 6.39. The molecule has 1 atom stereocenters. The Bertz CT molecular complexity index is 549. The Hall–Kier alpha value is -1.45. The van der Waals surface area contributed by atoms with Crippen molar-refractivity contribution in [3.05, 3.63) is 18.2 Å². The summed E-state index contributed by atoms with van der Waals surface area (Å²) in [6, 6.07) is -0.466. The van der Waals surface area contributed by atoms with Gasteiger partial charge in [-0.3, -0.25) is 4.79 Å². The maximum Gasteiger partial charge on any atom is 0.306 e. The minimum absolute atomic E-state index is 0.219. The Morgan fingerprint density at radius 2 is 2.20 bits per heavy atom. The molecule has 8 nitrogen and oxygen atoms in total. The van der Waals surface area contributed by atoms with Gasteiger partial charge in [-0.2, -0.15) is 17.4 Å². The highest BCUT2D eigenvalue weighted by Gasteiger charge is 2.32. The number of carboxylic acids is 1. The zero-order valence-corrected chi connectivity index (χ0v) is 11.9. The number of rotatable bonds is 5. The van der Waals surface area contributed by atoms with Crippen LogP contribution < -0.4 is 4.72 Å². The van der Waals surface area contributed by atoms with Crippen LogP contribution in [0.1, 0.15) is 31.6 Å². The molecule has 1 aromatic heterocycles. The number of nitrogens with zero attached hydrogens (tertiary/aromatic N) is 2. The zero-order chi connectivity index (χ0) is 14.8. The first-order valence-corrected chi connectivity index (χ1v) is 7.83. The second-order valence-electron chi connectivity index (χ2n) is 4.83. The quantitative estimate of drug-likeness (QED) is 0.713. The van der Waals surface area contributed by atoms with E-state index in [-0.39, 0.29) is 13.1 Å². The number of hydrogen-bond donors (Lipinski definition) is 3. The van der Waals surface area contributed by atoms with Crippen molar-refractivity contribution in [2.24, 2.45) is 5.92 Å². The summed E-state index contributed by atoms with van der Waals surface area (Å²) < 4.78 is 28.2. The Morgan fingerprint density at radius 1 is 1.55 bits per heavy atom. The largest absolute Gasteiger partial charge is 0.481 e. The van der Waals surface area contributed by atoms with Gasteiger partial charge in [-0.25, -0.2) is 4.98 Å². The molecule has 2 rings (SSSR count). The van der Waals surface area contributed by atoms with Gasteiger partial charge in [0.25, 0.3) is 10.2 Å². The third-order valence-electron chi connectivity index (χ3n) is 3.40. The number of imidazole rings is 1. The van der Waals surface area contributed by atoms with Gasteiger partial charge in [-0.15, -0.1) is 0 Å². The molecule has 2 heterocycles. The van der Waals surface area contributed by atoms with Crippen LogP contribution in [0.4, 0.5) is 0 Å².